The number of benzene rings is 1. The van der Waals surface area contributed by atoms with Gasteiger partial charge in [-0.3, -0.25) is 19.2 Å². The number of nitrogens with one attached hydrogen (secondary N) is 1. The van der Waals surface area contributed by atoms with Gasteiger partial charge in [-0.2, -0.15) is 5.10 Å². The lowest BCUT2D eigenvalue weighted by Gasteiger charge is -2.35. The average molecular weight is 422 g/mol. The molecule has 0 aliphatic carbocycles. The number of piperazine rings is 1. The first kappa shape index (κ1) is 21.3. The number of rotatable bonds is 7. The molecule has 156 valence electrons. The lowest BCUT2D eigenvalue weighted by atomic mass is 10.1. The van der Waals surface area contributed by atoms with Gasteiger partial charge in [0.1, 0.15) is 5.82 Å². The van der Waals surface area contributed by atoms with Gasteiger partial charge in [0.15, 0.2) is 0 Å². The Bertz CT molecular complexity index is 888. The first-order valence-corrected chi connectivity index (χ1v) is 9.88. The van der Waals surface area contributed by atoms with Crippen LogP contribution in [0.4, 0.5) is 4.39 Å². The molecule has 1 aromatic heterocycles. The Morgan fingerprint density at radius 1 is 1.41 bits per heavy atom. The Balaban J connectivity index is 1.61. The van der Waals surface area contributed by atoms with Crippen molar-refractivity contribution in [3.63, 3.8) is 0 Å². The van der Waals surface area contributed by atoms with E-state index in [2.05, 4.69) is 10.4 Å². The Morgan fingerprint density at radius 2 is 2.21 bits per heavy atom. The number of hydrogen-bond acceptors (Lipinski definition) is 4. The molecule has 7 nitrogen and oxygen atoms in total. The van der Waals surface area contributed by atoms with Gasteiger partial charge in [-0.25, -0.2) is 4.39 Å². The second-order valence-corrected chi connectivity index (χ2v) is 7.72. The van der Waals surface area contributed by atoms with Crippen LogP contribution in [0.2, 0.25) is 5.02 Å². The van der Waals surface area contributed by atoms with Gasteiger partial charge in [-0.15, -0.1) is 0 Å². The molecule has 2 aromatic rings. The van der Waals surface area contributed by atoms with Crippen molar-refractivity contribution in [3.8, 4) is 0 Å². The average Bonchev–Trinajstić information content (AvgIpc) is 3.10. The molecule has 0 unspecified atom stereocenters. The van der Waals surface area contributed by atoms with E-state index in [1.807, 2.05) is 18.1 Å². The smallest absolute Gasteiger partial charge is 0.237 e. The minimum absolute atomic E-state index is 0.0621. The van der Waals surface area contributed by atoms with Crippen LogP contribution >= 0.6 is 11.6 Å². The van der Waals surface area contributed by atoms with E-state index in [-0.39, 0.29) is 23.3 Å². The van der Waals surface area contributed by atoms with E-state index >= 15 is 0 Å². The number of aromatic nitrogens is 2. The third-order valence-electron chi connectivity index (χ3n) is 5.10. The third-order valence-corrected chi connectivity index (χ3v) is 5.41. The molecule has 2 heterocycles. The van der Waals surface area contributed by atoms with Crippen molar-refractivity contribution in [3.05, 3.63) is 52.6 Å². The van der Waals surface area contributed by atoms with Crippen LogP contribution in [0.25, 0.3) is 0 Å². The number of carbonyl (C=O) groups excluding carboxylic acids is 2. The summed E-state index contributed by atoms with van der Waals surface area (Å²) in [6.07, 6.45) is 4.46. The van der Waals surface area contributed by atoms with E-state index in [0.717, 1.165) is 5.56 Å². The maximum atomic E-state index is 13.8. The fourth-order valence-corrected chi connectivity index (χ4v) is 3.51. The molecule has 1 aliphatic heterocycles. The van der Waals surface area contributed by atoms with Crippen molar-refractivity contribution in [2.75, 3.05) is 26.7 Å². The highest BCUT2D eigenvalue weighted by Crippen LogP contribution is 2.19. The van der Waals surface area contributed by atoms with Crippen LogP contribution < -0.4 is 5.32 Å². The van der Waals surface area contributed by atoms with Gasteiger partial charge in [-0.1, -0.05) is 17.7 Å². The molecule has 0 radical (unpaired) electrons. The second-order valence-electron chi connectivity index (χ2n) is 7.32. The van der Waals surface area contributed by atoms with E-state index < -0.39 is 11.9 Å². The molecule has 9 heteroatoms. The Kier molecular flexibility index (Phi) is 6.87. The van der Waals surface area contributed by atoms with Gasteiger partial charge >= 0.3 is 0 Å². The number of aryl methyl sites for hydroxylation is 1. The number of carbonyl (C=O) groups is 2. The molecule has 1 fully saturated rings. The summed E-state index contributed by atoms with van der Waals surface area (Å²) in [7, 11) is 3.58. The number of likely N-dealkylation sites (N-methyl/N-ethyl adjacent to an activating group) is 1. The molecule has 1 atom stereocenters. The molecule has 0 spiro atoms. The van der Waals surface area contributed by atoms with E-state index in [9.17, 15) is 14.0 Å². The van der Waals surface area contributed by atoms with Crippen molar-refractivity contribution in [2.45, 2.75) is 25.4 Å². The van der Waals surface area contributed by atoms with E-state index in [1.165, 1.54) is 12.1 Å². The summed E-state index contributed by atoms with van der Waals surface area (Å²) in [5, 5.41) is 7.00. The summed E-state index contributed by atoms with van der Waals surface area (Å²) < 4.78 is 15.5. The fraction of sp³-hybridized carbons (Fsp3) is 0.450. The Hall–Kier alpha value is -2.45. The number of halogens is 2. The van der Waals surface area contributed by atoms with E-state index in [1.54, 1.807) is 28.9 Å². The van der Waals surface area contributed by atoms with Crippen molar-refractivity contribution < 1.29 is 14.0 Å². The van der Waals surface area contributed by atoms with E-state index in [4.69, 9.17) is 11.6 Å². The minimum atomic E-state index is -0.587. The zero-order chi connectivity index (χ0) is 21.0. The van der Waals surface area contributed by atoms with Gasteiger partial charge in [0.2, 0.25) is 11.8 Å². The van der Waals surface area contributed by atoms with Gasteiger partial charge < -0.3 is 10.2 Å². The van der Waals surface area contributed by atoms with Gasteiger partial charge in [0, 0.05) is 46.5 Å². The number of nitrogens with zero attached hydrogens (tertiary/aromatic N) is 4. The topological polar surface area (TPSA) is 70.5 Å². The zero-order valence-electron chi connectivity index (χ0n) is 16.6. The second kappa shape index (κ2) is 9.37. The summed E-state index contributed by atoms with van der Waals surface area (Å²) in [4.78, 5) is 28.7. The zero-order valence-corrected chi connectivity index (χ0v) is 17.3. The lowest BCUT2D eigenvalue weighted by molar-refractivity contribution is -0.138. The highest BCUT2D eigenvalue weighted by molar-refractivity contribution is 6.30. The van der Waals surface area contributed by atoms with Crippen LogP contribution in [0.1, 0.15) is 17.5 Å². The number of amides is 2. The molecule has 1 N–H and O–H groups in total. The predicted molar refractivity (Wildman–Crippen MR) is 108 cm³/mol. The van der Waals surface area contributed by atoms with Crippen LogP contribution in [-0.4, -0.2) is 64.1 Å². The normalized spacial score (nSPS) is 17.2. The largest absolute Gasteiger partial charge is 0.353 e. The van der Waals surface area contributed by atoms with Crippen LogP contribution in [0.15, 0.2) is 30.6 Å². The predicted octanol–water partition coefficient (Wildman–Crippen LogP) is 1.60. The maximum Gasteiger partial charge on any atom is 0.237 e. The minimum Gasteiger partial charge on any atom is -0.353 e. The summed E-state index contributed by atoms with van der Waals surface area (Å²) >= 11 is 5.75. The quantitative estimate of drug-likeness (QED) is 0.737. The molecule has 1 saturated heterocycles. The van der Waals surface area contributed by atoms with E-state index in [0.29, 0.717) is 38.2 Å². The lowest BCUT2D eigenvalue weighted by Crippen LogP contribution is -2.56. The first-order chi connectivity index (χ1) is 13.8. The molecular formula is C20H25ClFN5O2. The molecule has 1 aliphatic rings. The standard InChI is InChI=1S/C20H25ClFN5O2/c1-25(7-5-15-11-24-26(2)12-15)19(28)10-18-20(29)23-6-8-27(18)13-14-3-4-16(21)17(22)9-14/h3-4,9,11-12,18H,5-8,10,13H2,1-2H3,(H,23,29)/t18-/m0/s1. The summed E-state index contributed by atoms with van der Waals surface area (Å²) in [5.74, 6) is -0.781. The molecule has 1 aromatic carbocycles. The maximum absolute atomic E-state index is 13.8. The SMILES string of the molecule is CN(CCc1cnn(C)c1)C(=O)C[C@H]1C(=O)NCCN1Cc1ccc(Cl)c(F)c1. The molecule has 3 rings (SSSR count). The Morgan fingerprint density at radius 3 is 2.90 bits per heavy atom. The molecule has 0 saturated carbocycles. The summed E-state index contributed by atoms with van der Waals surface area (Å²) in [5.41, 5.74) is 1.76. The first-order valence-electron chi connectivity index (χ1n) is 9.50. The molecule has 0 bridgehead atoms. The fourth-order valence-electron chi connectivity index (χ4n) is 3.39. The van der Waals surface area contributed by atoms with Crippen molar-refractivity contribution in [1.29, 1.82) is 0 Å². The van der Waals surface area contributed by atoms with Gasteiger partial charge in [0.05, 0.1) is 23.7 Å². The summed E-state index contributed by atoms with van der Waals surface area (Å²) in [6.45, 7) is 2.00. The highest BCUT2D eigenvalue weighted by Gasteiger charge is 2.32. The monoisotopic (exact) mass is 421 g/mol. The third kappa shape index (κ3) is 5.55. The van der Waals surface area contributed by atoms with Crippen LogP contribution in [0.3, 0.4) is 0 Å². The van der Waals surface area contributed by atoms with Crippen molar-refractivity contribution >= 4 is 23.4 Å². The molecule has 29 heavy (non-hydrogen) atoms. The molecule has 2 amide bonds. The van der Waals surface area contributed by atoms with Crippen molar-refractivity contribution in [1.82, 2.24) is 24.9 Å². The van der Waals surface area contributed by atoms with Crippen LogP contribution in [-0.2, 0) is 29.6 Å². The van der Waals surface area contributed by atoms with Gasteiger partial charge in [-0.05, 0) is 29.7 Å². The van der Waals surface area contributed by atoms with Gasteiger partial charge in [0.25, 0.3) is 0 Å². The highest BCUT2D eigenvalue weighted by atomic mass is 35.5. The Labute approximate surface area is 174 Å². The van der Waals surface area contributed by atoms with Crippen LogP contribution in [0.5, 0.6) is 0 Å². The van der Waals surface area contributed by atoms with Crippen molar-refractivity contribution in [2.24, 2.45) is 7.05 Å². The molecular weight excluding hydrogens is 397 g/mol. The summed E-state index contributed by atoms with van der Waals surface area (Å²) in [6, 6.07) is 4.02. The number of hydrogen-bond donors (Lipinski definition) is 1. The van der Waals surface area contributed by atoms with Crippen LogP contribution in [0, 0.1) is 5.82 Å².